The molecule has 4 fully saturated rings. The lowest BCUT2D eigenvalue weighted by Gasteiger charge is -2.57. The molecule has 0 radical (unpaired) electrons. The smallest absolute Gasteiger partial charge is 0.276 e. The van der Waals surface area contributed by atoms with Crippen molar-refractivity contribution < 1.29 is 0 Å². The lowest BCUT2D eigenvalue weighted by Crippen LogP contribution is -2.47. The molecule has 0 atom stereocenters. The number of nitrogen functional groups attached to an aromatic ring is 1. The molecule has 0 aliphatic heterocycles. The van der Waals surface area contributed by atoms with Crippen LogP contribution in [0.25, 0.3) is 11.0 Å². The Morgan fingerprint density at radius 3 is 2.45 bits per heavy atom. The summed E-state index contributed by atoms with van der Waals surface area (Å²) in [6, 6.07) is 0. The Bertz CT molecular complexity index is 767. The number of nitrogens with one attached hydrogen (secondary N) is 2. The maximum absolute atomic E-state index is 12.0. The van der Waals surface area contributed by atoms with Crippen molar-refractivity contribution in [3.05, 3.63) is 22.1 Å². The molecule has 4 bridgehead atoms. The van der Waals surface area contributed by atoms with Gasteiger partial charge in [-0.25, -0.2) is 4.98 Å². The minimum absolute atomic E-state index is 0.167. The van der Waals surface area contributed by atoms with Crippen LogP contribution in [0, 0.1) is 23.2 Å². The summed E-state index contributed by atoms with van der Waals surface area (Å²) in [6.07, 6.45) is 11.5. The second kappa shape index (κ2) is 4.15. The van der Waals surface area contributed by atoms with Crippen LogP contribution < -0.4 is 11.3 Å². The molecule has 116 valence electrons. The number of hydrogen-bond donors (Lipinski definition) is 3. The average Bonchev–Trinajstić information content (AvgIpc) is 2.80. The highest BCUT2D eigenvalue weighted by Gasteiger charge is 2.50. The summed E-state index contributed by atoms with van der Waals surface area (Å²) in [5.41, 5.74) is 8.53. The molecule has 0 amide bonds. The molecule has 4 N–H and O–H groups in total. The summed E-state index contributed by atoms with van der Waals surface area (Å²) in [4.78, 5) is 22.0. The Kier molecular flexibility index (Phi) is 2.40. The lowest BCUT2D eigenvalue weighted by atomic mass is 9.48. The van der Waals surface area contributed by atoms with Crippen molar-refractivity contribution in [3.8, 4) is 0 Å². The molecule has 4 aliphatic carbocycles. The molecule has 2 heterocycles. The number of aromatic nitrogens is 3. The summed E-state index contributed by atoms with van der Waals surface area (Å²) in [5, 5.41) is 0. The normalized spacial score (nSPS) is 36.3. The fourth-order valence-electron chi connectivity index (χ4n) is 6.13. The summed E-state index contributed by atoms with van der Waals surface area (Å²) < 4.78 is 0. The second-order valence-electron chi connectivity index (χ2n) is 8.08. The van der Waals surface area contributed by atoms with Gasteiger partial charge in [-0.1, -0.05) is 0 Å². The van der Waals surface area contributed by atoms with E-state index < -0.39 is 0 Å². The van der Waals surface area contributed by atoms with Gasteiger partial charge in [-0.2, -0.15) is 0 Å². The molecule has 4 aliphatic rings. The maximum Gasteiger partial charge on any atom is 0.276 e. The highest BCUT2D eigenvalue weighted by molar-refractivity contribution is 5.78. The fraction of sp³-hybridized carbons (Fsp3) is 0.647. The van der Waals surface area contributed by atoms with Gasteiger partial charge in [0.25, 0.3) is 5.56 Å². The van der Waals surface area contributed by atoms with Crippen LogP contribution in [-0.2, 0) is 6.42 Å². The molecule has 6 rings (SSSR count). The van der Waals surface area contributed by atoms with Crippen molar-refractivity contribution in [1.82, 2.24) is 15.0 Å². The first-order chi connectivity index (χ1) is 10.6. The van der Waals surface area contributed by atoms with Gasteiger partial charge in [-0.05, 0) is 73.7 Å². The van der Waals surface area contributed by atoms with Gasteiger partial charge in [-0.3, -0.25) is 9.78 Å². The van der Waals surface area contributed by atoms with Crippen LogP contribution >= 0.6 is 0 Å². The highest BCUT2D eigenvalue weighted by atomic mass is 16.1. The molecule has 5 heteroatoms. The van der Waals surface area contributed by atoms with E-state index in [1.54, 1.807) is 0 Å². The van der Waals surface area contributed by atoms with Crippen molar-refractivity contribution in [2.75, 3.05) is 5.73 Å². The minimum Gasteiger partial charge on any atom is -0.369 e. The Hall–Kier alpha value is -1.78. The predicted octanol–water partition coefficient (Wildman–Crippen LogP) is 2.59. The number of nitrogens with zero attached hydrogens (tertiary/aromatic N) is 1. The molecule has 0 spiro atoms. The van der Waals surface area contributed by atoms with E-state index in [1.807, 2.05) is 6.20 Å². The number of H-pyrrole nitrogens is 2. The van der Waals surface area contributed by atoms with Gasteiger partial charge in [0.2, 0.25) is 5.95 Å². The SMILES string of the molecule is Nc1nc2c(CC34CC5CC(CC(C5)C3)C4)c[nH]c2c(=O)[nH]1. The van der Waals surface area contributed by atoms with Crippen molar-refractivity contribution in [2.45, 2.75) is 44.9 Å². The minimum atomic E-state index is -0.167. The van der Waals surface area contributed by atoms with Crippen LogP contribution in [0.1, 0.15) is 44.1 Å². The molecular formula is C17H22N4O. The molecule has 4 saturated carbocycles. The second-order valence-corrected chi connectivity index (χ2v) is 8.08. The number of hydrogen-bond acceptors (Lipinski definition) is 3. The van der Waals surface area contributed by atoms with Crippen LogP contribution in [0.4, 0.5) is 5.95 Å². The van der Waals surface area contributed by atoms with E-state index in [1.165, 1.54) is 44.1 Å². The van der Waals surface area contributed by atoms with E-state index >= 15 is 0 Å². The summed E-state index contributed by atoms with van der Waals surface area (Å²) in [7, 11) is 0. The van der Waals surface area contributed by atoms with Crippen LogP contribution in [-0.4, -0.2) is 15.0 Å². The fourth-order valence-corrected chi connectivity index (χ4v) is 6.13. The van der Waals surface area contributed by atoms with Crippen LogP contribution in [0.3, 0.4) is 0 Å². The number of rotatable bonds is 2. The third-order valence-corrected chi connectivity index (χ3v) is 6.36. The van der Waals surface area contributed by atoms with E-state index in [0.717, 1.165) is 29.7 Å². The van der Waals surface area contributed by atoms with Crippen molar-refractivity contribution in [3.63, 3.8) is 0 Å². The molecule has 0 unspecified atom stereocenters. The first kappa shape index (κ1) is 12.7. The van der Waals surface area contributed by atoms with E-state index in [0.29, 0.717) is 10.9 Å². The van der Waals surface area contributed by atoms with E-state index in [4.69, 9.17) is 5.73 Å². The van der Waals surface area contributed by atoms with E-state index in [9.17, 15) is 4.79 Å². The van der Waals surface area contributed by atoms with Gasteiger partial charge < -0.3 is 10.7 Å². The maximum atomic E-state index is 12.0. The number of nitrogens with two attached hydrogens (primary N) is 1. The molecule has 5 nitrogen and oxygen atoms in total. The molecule has 2 aromatic rings. The van der Waals surface area contributed by atoms with Gasteiger partial charge in [0.05, 0.1) is 0 Å². The number of fused-ring (bicyclic) bond motifs is 1. The zero-order chi connectivity index (χ0) is 14.9. The van der Waals surface area contributed by atoms with Gasteiger partial charge in [0.15, 0.2) is 0 Å². The van der Waals surface area contributed by atoms with Gasteiger partial charge in [-0.15, -0.1) is 0 Å². The Morgan fingerprint density at radius 1 is 1.18 bits per heavy atom. The lowest BCUT2D eigenvalue weighted by molar-refractivity contribution is -0.0520. The number of anilines is 1. The Labute approximate surface area is 128 Å². The van der Waals surface area contributed by atoms with E-state index in [-0.39, 0.29) is 11.5 Å². The summed E-state index contributed by atoms with van der Waals surface area (Å²) in [5.74, 6) is 3.04. The van der Waals surface area contributed by atoms with Crippen molar-refractivity contribution in [1.29, 1.82) is 0 Å². The first-order valence-corrected chi connectivity index (χ1v) is 8.46. The predicted molar refractivity (Wildman–Crippen MR) is 85.4 cm³/mol. The quantitative estimate of drug-likeness (QED) is 0.796. The third kappa shape index (κ3) is 1.77. The summed E-state index contributed by atoms with van der Waals surface area (Å²) in [6.45, 7) is 0. The zero-order valence-electron chi connectivity index (χ0n) is 12.7. The molecule has 0 aromatic carbocycles. The Balaban J connectivity index is 1.55. The van der Waals surface area contributed by atoms with Crippen LogP contribution in [0.5, 0.6) is 0 Å². The molecule has 22 heavy (non-hydrogen) atoms. The van der Waals surface area contributed by atoms with Crippen molar-refractivity contribution >= 4 is 17.0 Å². The zero-order valence-corrected chi connectivity index (χ0v) is 12.7. The van der Waals surface area contributed by atoms with Crippen molar-refractivity contribution in [2.24, 2.45) is 23.2 Å². The highest BCUT2D eigenvalue weighted by Crippen LogP contribution is 2.61. The Morgan fingerprint density at radius 2 is 1.82 bits per heavy atom. The molecule has 2 aromatic heterocycles. The standard InChI is InChI=1S/C17H22N4O/c18-16-20-13-12(8-19-14(13)15(22)21-16)7-17-4-9-1-10(5-17)3-11(2-9)6-17/h8-11,19H,1-7H2,(H3,18,20,21,22). The monoisotopic (exact) mass is 298 g/mol. The largest absolute Gasteiger partial charge is 0.369 e. The van der Waals surface area contributed by atoms with Gasteiger partial charge >= 0.3 is 0 Å². The topological polar surface area (TPSA) is 87.6 Å². The third-order valence-electron chi connectivity index (χ3n) is 6.36. The van der Waals surface area contributed by atoms with E-state index in [2.05, 4.69) is 15.0 Å². The first-order valence-electron chi connectivity index (χ1n) is 8.46. The van der Waals surface area contributed by atoms with Gasteiger partial charge in [0.1, 0.15) is 11.0 Å². The van der Waals surface area contributed by atoms with Crippen LogP contribution in [0.2, 0.25) is 0 Å². The molecule has 0 saturated heterocycles. The molecular weight excluding hydrogens is 276 g/mol. The average molecular weight is 298 g/mol. The summed E-state index contributed by atoms with van der Waals surface area (Å²) >= 11 is 0. The van der Waals surface area contributed by atoms with Gasteiger partial charge in [0, 0.05) is 6.20 Å². The number of aromatic amines is 2. The van der Waals surface area contributed by atoms with Crippen LogP contribution in [0.15, 0.2) is 11.0 Å².